The molecule has 32 heavy (non-hydrogen) atoms. The van der Waals surface area contributed by atoms with E-state index in [1.807, 2.05) is 30.3 Å². The van der Waals surface area contributed by atoms with Gasteiger partial charge < -0.3 is 19.5 Å². The molecular weight excluding hydrogens is 417 g/mol. The van der Waals surface area contributed by atoms with Crippen LogP contribution in [0.1, 0.15) is 29.1 Å². The quantitative estimate of drug-likeness (QED) is 0.608. The summed E-state index contributed by atoms with van der Waals surface area (Å²) >= 11 is 0. The van der Waals surface area contributed by atoms with Crippen LogP contribution in [-0.2, 0) is 20.8 Å². The van der Waals surface area contributed by atoms with E-state index in [2.05, 4.69) is 10.3 Å². The maximum Gasteiger partial charge on any atom is 0.351 e. The van der Waals surface area contributed by atoms with E-state index in [1.165, 1.54) is 0 Å². The van der Waals surface area contributed by atoms with Crippen LogP contribution < -0.4 is 11.0 Å². The third-order valence-corrected chi connectivity index (χ3v) is 4.88. The van der Waals surface area contributed by atoms with Crippen LogP contribution >= 0.6 is 0 Å². The molecular formula is C23H22FN3O5. The van der Waals surface area contributed by atoms with Crippen molar-refractivity contribution in [3.63, 3.8) is 0 Å². The second-order valence-corrected chi connectivity index (χ2v) is 7.44. The molecule has 2 heterocycles. The number of carbonyl (C=O) groups is 1. The van der Waals surface area contributed by atoms with Gasteiger partial charge in [0.05, 0.1) is 19.4 Å². The molecule has 8 nitrogen and oxygen atoms in total. The van der Waals surface area contributed by atoms with Gasteiger partial charge in [0.15, 0.2) is 23.7 Å². The average molecular weight is 439 g/mol. The molecule has 1 aliphatic rings. The molecule has 0 bridgehead atoms. The molecule has 0 radical (unpaired) electrons. The Hall–Kier alpha value is -3.40. The highest BCUT2D eigenvalue weighted by atomic mass is 19.1. The van der Waals surface area contributed by atoms with E-state index in [1.54, 1.807) is 37.3 Å². The molecule has 1 fully saturated rings. The highest BCUT2D eigenvalue weighted by Crippen LogP contribution is 2.29. The fourth-order valence-corrected chi connectivity index (χ4v) is 3.25. The van der Waals surface area contributed by atoms with Gasteiger partial charge in [-0.1, -0.05) is 48.5 Å². The topological polar surface area (TPSA) is 91.7 Å². The van der Waals surface area contributed by atoms with Crippen LogP contribution in [0.3, 0.4) is 0 Å². The summed E-state index contributed by atoms with van der Waals surface area (Å²) in [6.45, 7) is 2.19. The Morgan fingerprint density at radius 2 is 1.91 bits per heavy atom. The van der Waals surface area contributed by atoms with Crippen LogP contribution in [0, 0.1) is 5.82 Å². The number of anilines is 1. The lowest BCUT2D eigenvalue weighted by molar-refractivity contribution is -0.199. The number of carbonyl (C=O) groups excluding carboxylic acids is 1. The summed E-state index contributed by atoms with van der Waals surface area (Å²) in [5, 5.41) is 2.31. The van der Waals surface area contributed by atoms with Crippen molar-refractivity contribution in [2.75, 3.05) is 18.5 Å². The monoisotopic (exact) mass is 439 g/mol. The normalized spacial score (nSPS) is 20.2. The van der Waals surface area contributed by atoms with Gasteiger partial charge in [0.2, 0.25) is 0 Å². The van der Waals surface area contributed by atoms with Crippen molar-refractivity contribution in [3.8, 4) is 0 Å². The van der Waals surface area contributed by atoms with Crippen LogP contribution in [-0.4, -0.2) is 34.5 Å². The van der Waals surface area contributed by atoms with Crippen LogP contribution in [0.4, 0.5) is 10.2 Å². The Labute approximate surface area is 183 Å². The highest BCUT2D eigenvalue weighted by Gasteiger charge is 2.39. The van der Waals surface area contributed by atoms with Gasteiger partial charge in [-0.2, -0.15) is 4.98 Å². The first-order valence-electron chi connectivity index (χ1n) is 10.0. The molecule has 0 aliphatic carbocycles. The molecule has 166 valence electrons. The molecule has 0 spiro atoms. The van der Waals surface area contributed by atoms with Gasteiger partial charge in [-0.3, -0.25) is 9.36 Å². The second-order valence-electron chi connectivity index (χ2n) is 7.44. The van der Waals surface area contributed by atoms with Crippen molar-refractivity contribution in [2.45, 2.75) is 25.5 Å². The largest absolute Gasteiger partial charge is 0.371 e. The maximum atomic E-state index is 14.6. The van der Waals surface area contributed by atoms with Crippen LogP contribution in [0.15, 0.2) is 71.7 Å². The van der Waals surface area contributed by atoms with Gasteiger partial charge in [0.1, 0.15) is 6.61 Å². The Morgan fingerprint density at radius 1 is 1.22 bits per heavy atom. The molecule has 9 heteroatoms. The molecule has 1 N–H and O–H groups in total. The minimum absolute atomic E-state index is 0.0158. The van der Waals surface area contributed by atoms with Crippen molar-refractivity contribution in [1.82, 2.24) is 9.55 Å². The number of amides is 1. The van der Waals surface area contributed by atoms with Crippen molar-refractivity contribution < 1.29 is 23.4 Å². The predicted molar refractivity (Wildman–Crippen MR) is 113 cm³/mol. The van der Waals surface area contributed by atoms with Gasteiger partial charge in [-0.05, 0) is 24.6 Å². The number of hydrogen-bond acceptors (Lipinski definition) is 6. The number of nitrogens with zero attached hydrogens (tertiary/aromatic N) is 2. The van der Waals surface area contributed by atoms with Crippen molar-refractivity contribution in [2.24, 2.45) is 0 Å². The summed E-state index contributed by atoms with van der Waals surface area (Å²) in [6.07, 6.45) is 0.0641. The number of nitrogens with one attached hydrogen (secondary N) is 1. The number of halogens is 1. The molecule has 0 saturated carbocycles. The smallest absolute Gasteiger partial charge is 0.351 e. The van der Waals surface area contributed by atoms with E-state index in [0.29, 0.717) is 12.2 Å². The number of benzene rings is 2. The summed E-state index contributed by atoms with van der Waals surface area (Å²) < 4.78 is 32.7. The zero-order valence-electron chi connectivity index (χ0n) is 17.4. The van der Waals surface area contributed by atoms with Crippen molar-refractivity contribution in [1.29, 1.82) is 0 Å². The minimum Gasteiger partial charge on any atom is -0.371 e. The maximum absolute atomic E-state index is 14.6. The zero-order chi connectivity index (χ0) is 22.6. The fraction of sp³-hybridized carbons (Fsp3) is 0.261. The zero-order valence-corrected chi connectivity index (χ0v) is 17.4. The summed E-state index contributed by atoms with van der Waals surface area (Å²) in [6, 6.07) is 17.9. The van der Waals surface area contributed by atoms with Gasteiger partial charge >= 0.3 is 5.69 Å². The summed E-state index contributed by atoms with van der Waals surface area (Å²) in [5.41, 5.74) is 0.538. The van der Waals surface area contributed by atoms with Gasteiger partial charge in [0, 0.05) is 5.56 Å². The molecule has 1 aliphatic heterocycles. The standard InChI is InChI=1S/C23H22FN3O5/c1-23(15-30-13-16-8-4-2-5-9-16)31-14-19(32-23)27-12-18(24)20(26-22(27)29)25-21(28)17-10-6-3-7-11-17/h2-12,19H,13-15H2,1H3,(H,25,26,28,29)/t19-,23-/m1/s1. The van der Waals surface area contributed by atoms with E-state index in [9.17, 15) is 14.0 Å². The van der Waals surface area contributed by atoms with Crippen molar-refractivity contribution in [3.05, 3.63) is 94.3 Å². The van der Waals surface area contributed by atoms with Crippen LogP contribution in [0.5, 0.6) is 0 Å². The minimum atomic E-state index is -1.10. The fourth-order valence-electron chi connectivity index (χ4n) is 3.25. The van der Waals surface area contributed by atoms with E-state index in [4.69, 9.17) is 14.2 Å². The van der Waals surface area contributed by atoms with Crippen LogP contribution in [0.25, 0.3) is 0 Å². The molecule has 3 aromatic rings. The third kappa shape index (κ3) is 5.08. The average Bonchev–Trinajstić information content (AvgIpc) is 3.19. The van der Waals surface area contributed by atoms with Gasteiger partial charge in [-0.25, -0.2) is 9.18 Å². The Morgan fingerprint density at radius 3 is 2.62 bits per heavy atom. The van der Waals surface area contributed by atoms with E-state index in [-0.39, 0.29) is 13.2 Å². The molecule has 2 aromatic carbocycles. The molecule has 2 atom stereocenters. The number of hydrogen-bond donors (Lipinski definition) is 1. The SMILES string of the molecule is C[C@@]1(COCc2ccccc2)OC[C@H](n2cc(F)c(NC(=O)c3ccccc3)nc2=O)O1. The second kappa shape index (κ2) is 9.39. The van der Waals surface area contributed by atoms with E-state index >= 15 is 0 Å². The lowest BCUT2D eigenvalue weighted by Crippen LogP contribution is -2.34. The first-order chi connectivity index (χ1) is 15.4. The first kappa shape index (κ1) is 21.8. The summed E-state index contributed by atoms with van der Waals surface area (Å²) in [4.78, 5) is 28.4. The summed E-state index contributed by atoms with van der Waals surface area (Å²) in [7, 11) is 0. The molecule has 1 saturated heterocycles. The molecule has 1 amide bonds. The van der Waals surface area contributed by atoms with Crippen LogP contribution in [0.2, 0.25) is 0 Å². The highest BCUT2D eigenvalue weighted by molar-refractivity contribution is 6.03. The Kier molecular flexibility index (Phi) is 6.40. The molecule has 0 unspecified atom stereocenters. The van der Waals surface area contributed by atoms with Gasteiger partial charge in [0.25, 0.3) is 5.91 Å². The number of rotatable bonds is 7. The van der Waals surface area contributed by atoms with Crippen molar-refractivity contribution >= 4 is 11.7 Å². The summed E-state index contributed by atoms with van der Waals surface area (Å²) in [5.74, 6) is -2.99. The Balaban J connectivity index is 1.40. The van der Waals surface area contributed by atoms with E-state index < -0.39 is 35.2 Å². The third-order valence-electron chi connectivity index (χ3n) is 4.88. The predicted octanol–water partition coefficient (Wildman–Crippen LogP) is 3.11. The lowest BCUT2D eigenvalue weighted by Gasteiger charge is -2.23. The van der Waals surface area contributed by atoms with E-state index in [0.717, 1.165) is 16.3 Å². The number of ether oxygens (including phenoxy) is 3. The lowest BCUT2D eigenvalue weighted by atomic mass is 10.2. The first-order valence-corrected chi connectivity index (χ1v) is 10.0. The molecule has 1 aromatic heterocycles. The van der Waals surface area contributed by atoms with Gasteiger partial charge in [-0.15, -0.1) is 0 Å². The molecule has 4 rings (SSSR count). The Bertz CT molecular complexity index is 1140. The number of aromatic nitrogens is 2.